The summed E-state index contributed by atoms with van der Waals surface area (Å²) in [7, 11) is -4.27. The molecule has 0 aliphatic carbocycles. The number of aryl methyl sites for hydroxylation is 2. The summed E-state index contributed by atoms with van der Waals surface area (Å²) in [5, 5.41) is 1.14. The molecule has 0 N–H and O–H groups in total. The van der Waals surface area contributed by atoms with Crippen molar-refractivity contribution in [3.8, 4) is 0 Å². The quantitative estimate of drug-likeness (QED) is 0.284. The average molecular weight is 495 g/mol. The highest BCUT2D eigenvalue weighted by molar-refractivity contribution is 7.85. The molecular weight excluding hydrogens is 468 g/mol. The Labute approximate surface area is 204 Å². The van der Waals surface area contributed by atoms with Crippen molar-refractivity contribution >= 4 is 49.3 Å². The number of carbonyl (C=O) groups is 1. The number of thiazole rings is 1. The number of nitrogens with zero attached hydrogens (tertiary/aromatic N) is 2. The van der Waals surface area contributed by atoms with Crippen LogP contribution in [0.1, 0.15) is 24.4 Å². The van der Waals surface area contributed by atoms with E-state index >= 15 is 0 Å². The van der Waals surface area contributed by atoms with Crippen molar-refractivity contribution in [3.63, 3.8) is 0 Å². The molecule has 0 unspecified atom stereocenters. The lowest BCUT2D eigenvalue weighted by molar-refractivity contribution is -0.665. The summed E-state index contributed by atoms with van der Waals surface area (Å²) < 4.78 is 34.7. The van der Waals surface area contributed by atoms with Crippen LogP contribution >= 0.6 is 11.3 Å². The number of carbonyl (C=O) groups excluding carboxylic acids is 1. The number of amides is 1. The van der Waals surface area contributed by atoms with Crippen molar-refractivity contribution in [2.24, 2.45) is 0 Å². The molecule has 0 atom stereocenters. The first kappa shape index (κ1) is 25.3. The van der Waals surface area contributed by atoms with Crippen LogP contribution in [0.5, 0.6) is 0 Å². The Bertz CT molecular complexity index is 1390. The van der Waals surface area contributed by atoms with Crippen molar-refractivity contribution in [1.29, 1.82) is 0 Å². The summed E-state index contributed by atoms with van der Waals surface area (Å²) in [5.74, 6) is -0.00314. The van der Waals surface area contributed by atoms with Gasteiger partial charge in [-0.25, -0.2) is 8.42 Å². The van der Waals surface area contributed by atoms with Gasteiger partial charge in [0.2, 0.25) is 11.4 Å². The fourth-order valence-corrected chi connectivity index (χ4v) is 4.90. The van der Waals surface area contributed by atoms with E-state index in [0.29, 0.717) is 0 Å². The number of hydrogen-bond acceptors (Lipinski definition) is 5. The standard InChI is InChI=1S/C19H19N2OS.C7H8O3S/c1-3-20-17-11-7-8-12-18(17)23-19(20)13-14-21(15(2)22)16-9-5-4-6-10-16;1-6-2-4-7(5-3-6)11(8,9)10/h4-14H,3H2,1-2H3;2-5H,1H3,(H,8,9,10)/q+1;/p-1. The number of aromatic nitrogens is 1. The Hall–Kier alpha value is -3.33. The van der Waals surface area contributed by atoms with Gasteiger partial charge in [0.05, 0.1) is 4.90 Å². The summed E-state index contributed by atoms with van der Waals surface area (Å²) >= 11 is 1.74. The van der Waals surface area contributed by atoms with Crippen LogP contribution in [0.3, 0.4) is 0 Å². The third-order valence-corrected chi connectivity index (χ3v) is 6.98. The van der Waals surface area contributed by atoms with Crippen molar-refractivity contribution in [1.82, 2.24) is 0 Å². The van der Waals surface area contributed by atoms with E-state index < -0.39 is 10.1 Å². The molecule has 3 aromatic carbocycles. The van der Waals surface area contributed by atoms with Crippen LogP contribution in [0.2, 0.25) is 0 Å². The molecule has 0 saturated carbocycles. The van der Waals surface area contributed by atoms with Crippen LogP contribution < -0.4 is 9.47 Å². The van der Waals surface area contributed by atoms with Crippen LogP contribution in [-0.4, -0.2) is 18.9 Å². The number of para-hydroxylation sites is 2. The molecule has 0 spiro atoms. The SMILES string of the molecule is CC[n+]1c(C=CN(C(C)=O)c2ccccc2)sc2ccccc21.Cc1ccc(S(=O)(=O)[O-])cc1. The van der Waals surface area contributed by atoms with E-state index in [9.17, 15) is 17.8 Å². The van der Waals surface area contributed by atoms with Gasteiger partial charge in [0.1, 0.15) is 21.4 Å². The van der Waals surface area contributed by atoms with Crippen molar-refractivity contribution in [2.75, 3.05) is 4.90 Å². The molecule has 1 aromatic heterocycles. The van der Waals surface area contributed by atoms with Gasteiger partial charge in [-0.15, -0.1) is 0 Å². The highest BCUT2D eigenvalue weighted by atomic mass is 32.2. The largest absolute Gasteiger partial charge is 0.744 e. The predicted octanol–water partition coefficient (Wildman–Crippen LogP) is 5.13. The lowest BCUT2D eigenvalue weighted by Crippen LogP contribution is -2.33. The second-order valence-electron chi connectivity index (χ2n) is 7.46. The van der Waals surface area contributed by atoms with E-state index in [1.165, 1.54) is 22.3 Å². The minimum absolute atomic E-state index is 0.00314. The minimum atomic E-state index is -4.27. The fraction of sp³-hybridized carbons (Fsp3) is 0.154. The van der Waals surface area contributed by atoms with Gasteiger partial charge in [-0.3, -0.25) is 9.69 Å². The van der Waals surface area contributed by atoms with E-state index in [0.717, 1.165) is 22.8 Å². The lowest BCUT2D eigenvalue weighted by atomic mass is 10.2. The second-order valence-corrected chi connectivity index (χ2v) is 9.90. The molecule has 4 rings (SSSR count). The zero-order chi connectivity index (χ0) is 24.7. The molecule has 0 bridgehead atoms. The van der Waals surface area contributed by atoms with Crippen LogP contribution in [0.25, 0.3) is 16.3 Å². The van der Waals surface area contributed by atoms with Gasteiger partial charge in [-0.2, -0.15) is 4.57 Å². The zero-order valence-electron chi connectivity index (χ0n) is 19.2. The van der Waals surface area contributed by atoms with Crippen LogP contribution in [0.15, 0.2) is 90.0 Å². The van der Waals surface area contributed by atoms with Gasteiger partial charge < -0.3 is 4.55 Å². The van der Waals surface area contributed by atoms with Gasteiger partial charge in [-0.1, -0.05) is 59.4 Å². The van der Waals surface area contributed by atoms with Crippen molar-refractivity contribution < 1.29 is 22.3 Å². The molecule has 176 valence electrons. The Balaban J connectivity index is 0.000000248. The summed E-state index contributed by atoms with van der Waals surface area (Å²) in [6.45, 7) is 6.43. The Morgan fingerprint density at radius 2 is 1.62 bits per heavy atom. The molecule has 0 saturated heterocycles. The molecule has 1 heterocycles. The number of rotatable bonds is 5. The monoisotopic (exact) mass is 494 g/mol. The van der Waals surface area contributed by atoms with Gasteiger partial charge in [0.15, 0.2) is 0 Å². The lowest BCUT2D eigenvalue weighted by Gasteiger charge is -2.15. The van der Waals surface area contributed by atoms with E-state index in [1.807, 2.05) is 49.5 Å². The van der Waals surface area contributed by atoms with E-state index in [-0.39, 0.29) is 10.8 Å². The van der Waals surface area contributed by atoms with Gasteiger partial charge in [-0.05, 0) is 44.2 Å². The number of anilines is 1. The third kappa shape index (κ3) is 6.38. The Morgan fingerprint density at radius 3 is 2.21 bits per heavy atom. The Kier molecular flexibility index (Phi) is 8.33. The summed E-state index contributed by atoms with van der Waals surface area (Å²) in [5.41, 5.74) is 3.03. The van der Waals surface area contributed by atoms with Gasteiger partial charge in [0.25, 0.3) is 5.01 Å². The average Bonchev–Trinajstić information content (AvgIpc) is 3.17. The molecule has 6 nitrogen and oxygen atoms in total. The van der Waals surface area contributed by atoms with E-state index in [4.69, 9.17) is 0 Å². The maximum Gasteiger partial charge on any atom is 0.264 e. The van der Waals surface area contributed by atoms with Crippen molar-refractivity contribution in [2.45, 2.75) is 32.2 Å². The van der Waals surface area contributed by atoms with Crippen LogP contribution in [-0.2, 0) is 21.5 Å². The molecule has 0 fully saturated rings. The van der Waals surface area contributed by atoms with Crippen molar-refractivity contribution in [3.05, 3.63) is 95.6 Å². The van der Waals surface area contributed by atoms with Crippen LogP contribution in [0.4, 0.5) is 5.69 Å². The predicted molar refractivity (Wildman–Crippen MR) is 135 cm³/mol. The second kappa shape index (κ2) is 11.2. The number of benzene rings is 3. The molecule has 34 heavy (non-hydrogen) atoms. The topological polar surface area (TPSA) is 81.4 Å². The summed E-state index contributed by atoms with van der Waals surface area (Å²) in [4.78, 5) is 13.5. The molecule has 4 aromatic rings. The minimum Gasteiger partial charge on any atom is -0.744 e. The first-order valence-corrected chi connectivity index (χ1v) is 12.9. The van der Waals surface area contributed by atoms with Gasteiger partial charge >= 0.3 is 0 Å². The highest BCUT2D eigenvalue weighted by Gasteiger charge is 2.17. The highest BCUT2D eigenvalue weighted by Crippen LogP contribution is 2.22. The third-order valence-electron chi connectivity index (χ3n) is 5.00. The van der Waals surface area contributed by atoms with Crippen LogP contribution in [0, 0.1) is 6.92 Å². The first-order valence-electron chi connectivity index (χ1n) is 10.7. The normalized spacial score (nSPS) is 11.3. The number of hydrogen-bond donors (Lipinski definition) is 0. The Morgan fingerprint density at radius 1 is 1.00 bits per heavy atom. The smallest absolute Gasteiger partial charge is 0.264 e. The maximum absolute atomic E-state index is 12.0. The maximum atomic E-state index is 12.0. The number of fused-ring (bicyclic) bond motifs is 1. The molecule has 0 aliphatic heterocycles. The summed E-state index contributed by atoms with van der Waals surface area (Å²) in [6.07, 6.45) is 3.87. The first-order chi connectivity index (χ1) is 16.2. The zero-order valence-corrected chi connectivity index (χ0v) is 20.8. The van der Waals surface area contributed by atoms with E-state index in [2.05, 4.69) is 35.8 Å². The molecular formula is C26H26N2O4S2. The van der Waals surface area contributed by atoms with E-state index in [1.54, 1.807) is 35.3 Å². The fourth-order valence-electron chi connectivity index (χ4n) is 3.31. The molecule has 1 amide bonds. The molecule has 0 aliphatic rings. The van der Waals surface area contributed by atoms with Gasteiger partial charge in [0, 0.05) is 31.0 Å². The molecule has 0 radical (unpaired) electrons. The molecule has 8 heteroatoms. The summed E-state index contributed by atoms with van der Waals surface area (Å²) in [6, 6.07) is 23.8.